The number of sulfonamides is 1. The third kappa shape index (κ3) is 3.10. The van der Waals surface area contributed by atoms with E-state index in [0.717, 1.165) is 18.4 Å². The molecule has 3 N–H and O–H groups in total. The molecule has 4 nitrogen and oxygen atoms in total. The SMILES string of the molecule is CC(N)c1cccc(S(=O)(=O)NC(C)C2CC2)c1. The van der Waals surface area contributed by atoms with Gasteiger partial charge in [0.15, 0.2) is 0 Å². The molecule has 2 atom stereocenters. The van der Waals surface area contributed by atoms with Crippen LogP contribution in [0.4, 0.5) is 0 Å². The summed E-state index contributed by atoms with van der Waals surface area (Å²) in [4.78, 5) is 0.296. The first-order chi connectivity index (χ1) is 8.40. The fourth-order valence-electron chi connectivity index (χ4n) is 1.97. The molecule has 0 aromatic heterocycles. The smallest absolute Gasteiger partial charge is 0.240 e. The lowest BCUT2D eigenvalue weighted by Crippen LogP contribution is -2.34. The van der Waals surface area contributed by atoms with Crippen LogP contribution >= 0.6 is 0 Å². The molecule has 2 unspecified atom stereocenters. The maximum Gasteiger partial charge on any atom is 0.240 e. The summed E-state index contributed by atoms with van der Waals surface area (Å²) in [5.41, 5.74) is 6.60. The molecule has 0 aliphatic heterocycles. The first kappa shape index (κ1) is 13.5. The standard InChI is InChI=1S/C13H20N2O2S/c1-9(14)12-4-3-5-13(8-12)18(16,17)15-10(2)11-6-7-11/h3-5,8-11,15H,6-7,14H2,1-2H3. The Kier molecular flexibility index (Phi) is 3.75. The molecule has 2 rings (SSSR count). The largest absolute Gasteiger partial charge is 0.324 e. The van der Waals surface area contributed by atoms with Crippen molar-refractivity contribution in [1.82, 2.24) is 4.72 Å². The molecule has 0 amide bonds. The van der Waals surface area contributed by atoms with Crippen molar-refractivity contribution in [3.05, 3.63) is 29.8 Å². The molecule has 1 fully saturated rings. The Morgan fingerprint density at radius 1 is 1.33 bits per heavy atom. The minimum absolute atomic E-state index is 0.00829. The van der Waals surface area contributed by atoms with Gasteiger partial charge in [-0.05, 0) is 50.3 Å². The van der Waals surface area contributed by atoms with E-state index >= 15 is 0 Å². The minimum atomic E-state index is -3.43. The summed E-state index contributed by atoms with van der Waals surface area (Å²) in [6.45, 7) is 3.76. The van der Waals surface area contributed by atoms with E-state index in [-0.39, 0.29) is 12.1 Å². The van der Waals surface area contributed by atoms with Crippen molar-refractivity contribution in [3.63, 3.8) is 0 Å². The number of hydrogen-bond donors (Lipinski definition) is 2. The van der Waals surface area contributed by atoms with Crippen molar-refractivity contribution < 1.29 is 8.42 Å². The van der Waals surface area contributed by atoms with Crippen LogP contribution in [0.5, 0.6) is 0 Å². The van der Waals surface area contributed by atoms with Crippen LogP contribution in [0, 0.1) is 5.92 Å². The van der Waals surface area contributed by atoms with Crippen molar-refractivity contribution >= 4 is 10.0 Å². The molecule has 0 radical (unpaired) electrons. The van der Waals surface area contributed by atoms with E-state index in [1.165, 1.54) is 0 Å². The average Bonchev–Trinajstić information content (AvgIpc) is 3.12. The van der Waals surface area contributed by atoms with Crippen molar-refractivity contribution in [1.29, 1.82) is 0 Å². The molecular weight excluding hydrogens is 248 g/mol. The normalized spacial score (nSPS) is 19.5. The second-order valence-corrected chi connectivity index (χ2v) is 6.82. The predicted molar refractivity (Wildman–Crippen MR) is 71.6 cm³/mol. The van der Waals surface area contributed by atoms with Crippen molar-refractivity contribution in [2.24, 2.45) is 11.7 Å². The Hall–Kier alpha value is -0.910. The summed E-state index contributed by atoms with van der Waals surface area (Å²) in [5.74, 6) is 0.497. The predicted octanol–water partition coefficient (Wildman–Crippen LogP) is 1.78. The molecule has 0 spiro atoms. The third-order valence-electron chi connectivity index (χ3n) is 3.36. The zero-order chi connectivity index (χ0) is 13.3. The lowest BCUT2D eigenvalue weighted by Gasteiger charge is -2.14. The van der Waals surface area contributed by atoms with Gasteiger partial charge in [0, 0.05) is 12.1 Å². The first-order valence-electron chi connectivity index (χ1n) is 6.28. The number of nitrogens with two attached hydrogens (primary N) is 1. The Morgan fingerprint density at radius 3 is 2.56 bits per heavy atom. The second-order valence-electron chi connectivity index (χ2n) is 5.11. The number of nitrogens with one attached hydrogen (secondary N) is 1. The molecule has 1 aliphatic rings. The van der Waals surface area contributed by atoms with E-state index in [1.807, 2.05) is 19.9 Å². The van der Waals surface area contributed by atoms with Gasteiger partial charge >= 0.3 is 0 Å². The van der Waals surface area contributed by atoms with Crippen LogP contribution in [0.15, 0.2) is 29.2 Å². The number of hydrogen-bond acceptors (Lipinski definition) is 3. The van der Waals surface area contributed by atoms with Crippen LogP contribution in [-0.2, 0) is 10.0 Å². The molecular formula is C13H20N2O2S. The Balaban J connectivity index is 2.20. The summed E-state index contributed by atoms with van der Waals surface area (Å²) >= 11 is 0. The Morgan fingerprint density at radius 2 is 2.00 bits per heavy atom. The molecule has 1 aliphatic carbocycles. The molecule has 1 aromatic rings. The highest BCUT2D eigenvalue weighted by atomic mass is 32.2. The molecule has 100 valence electrons. The molecule has 0 saturated heterocycles. The van der Waals surface area contributed by atoms with Gasteiger partial charge in [-0.1, -0.05) is 12.1 Å². The maximum atomic E-state index is 12.2. The van der Waals surface area contributed by atoms with Crippen LogP contribution in [0.1, 0.15) is 38.3 Å². The highest BCUT2D eigenvalue weighted by molar-refractivity contribution is 7.89. The van der Waals surface area contributed by atoms with Gasteiger partial charge in [0.05, 0.1) is 4.90 Å². The monoisotopic (exact) mass is 268 g/mol. The summed E-state index contributed by atoms with van der Waals surface area (Å²) in [5, 5.41) is 0. The lowest BCUT2D eigenvalue weighted by atomic mass is 10.1. The van der Waals surface area contributed by atoms with Crippen molar-refractivity contribution in [3.8, 4) is 0 Å². The molecule has 0 heterocycles. The summed E-state index contributed by atoms with van der Waals surface area (Å²) < 4.78 is 27.1. The minimum Gasteiger partial charge on any atom is -0.324 e. The van der Waals surface area contributed by atoms with Gasteiger partial charge < -0.3 is 5.73 Å². The van der Waals surface area contributed by atoms with Gasteiger partial charge in [-0.25, -0.2) is 13.1 Å². The van der Waals surface area contributed by atoms with Crippen molar-refractivity contribution in [2.45, 2.75) is 43.7 Å². The Bertz CT molecular complexity index is 522. The topological polar surface area (TPSA) is 72.2 Å². The van der Waals surface area contributed by atoms with Gasteiger partial charge in [-0.15, -0.1) is 0 Å². The van der Waals surface area contributed by atoms with Crippen LogP contribution < -0.4 is 10.5 Å². The molecule has 18 heavy (non-hydrogen) atoms. The zero-order valence-corrected chi connectivity index (χ0v) is 11.6. The van der Waals surface area contributed by atoms with Crippen LogP contribution in [-0.4, -0.2) is 14.5 Å². The quantitative estimate of drug-likeness (QED) is 0.855. The summed E-state index contributed by atoms with van der Waals surface area (Å²) in [7, 11) is -3.43. The molecule has 0 bridgehead atoms. The van der Waals surface area contributed by atoms with E-state index in [4.69, 9.17) is 5.73 Å². The number of rotatable bonds is 5. The van der Waals surface area contributed by atoms with Crippen LogP contribution in [0.2, 0.25) is 0 Å². The molecule has 5 heteroatoms. The molecule has 1 aromatic carbocycles. The fraction of sp³-hybridized carbons (Fsp3) is 0.538. The fourth-order valence-corrected chi connectivity index (χ4v) is 3.34. The van der Waals surface area contributed by atoms with E-state index in [2.05, 4.69) is 4.72 Å². The van der Waals surface area contributed by atoms with E-state index < -0.39 is 10.0 Å². The van der Waals surface area contributed by atoms with Gasteiger partial charge in [0.1, 0.15) is 0 Å². The second kappa shape index (κ2) is 4.99. The van der Waals surface area contributed by atoms with Gasteiger partial charge in [0.2, 0.25) is 10.0 Å². The van der Waals surface area contributed by atoms with Gasteiger partial charge in [0.25, 0.3) is 0 Å². The summed E-state index contributed by atoms with van der Waals surface area (Å²) in [6, 6.07) is 6.67. The molecule has 1 saturated carbocycles. The van der Waals surface area contributed by atoms with Crippen molar-refractivity contribution in [2.75, 3.05) is 0 Å². The summed E-state index contributed by atoms with van der Waals surface area (Å²) in [6.07, 6.45) is 2.23. The maximum absolute atomic E-state index is 12.2. The highest BCUT2D eigenvalue weighted by Crippen LogP contribution is 2.33. The van der Waals surface area contributed by atoms with Crippen LogP contribution in [0.3, 0.4) is 0 Å². The first-order valence-corrected chi connectivity index (χ1v) is 7.76. The van der Waals surface area contributed by atoms with Gasteiger partial charge in [-0.2, -0.15) is 0 Å². The zero-order valence-electron chi connectivity index (χ0n) is 10.8. The number of benzene rings is 1. The van der Waals surface area contributed by atoms with E-state index in [0.29, 0.717) is 10.8 Å². The Labute approximate surface area is 109 Å². The lowest BCUT2D eigenvalue weighted by molar-refractivity contribution is 0.538. The van der Waals surface area contributed by atoms with Crippen LogP contribution in [0.25, 0.3) is 0 Å². The van der Waals surface area contributed by atoms with E-state index in [1.54, 1.807) is 18.2 Å². The average molecular weight is 268 g/mol. The van der Waals surface area contributed by atoms with Gasteiger partial charge in [-0.3, -0.25) is 0 Å². The highest BCUT2D eigenvalue weighted by Gasteiger charge is 2.31. The van der Waals surface area contributed by atoms with E-state index in [9.17, 15) is 8.42 Å². The third-order valence-corrected chi connectivity index (χ3v) is 4.92.